The number of methoxy groups -OCH3 is 1. The van der Waals surface area contributed by atoms with E-state index in [0.717, 1.165) is 16.9 Å². The molecule has 0 aliphatic rings. The second-order valence-electron chi connectivity index (χ2n) is 14.2. The number of hydrogen-bond donors (Lipinski definition) is 4. The van der Waals surface area contributed by atoms with Crippen LogP contribution in [0.2, 0.25) is 0 Å². The fraction of sp³-hybridized carbons (Fsp3) is 0.0784. The maximum atomic E-state index is 14.3. The predicted molar refractivity (Wildman–Crippen MR) is 253 cm³/mol. The van der Waals surface area contributed by atoms with Crippen LogP contribution >= 0.6 is 23.1 Å². The Morgan fingerprint density at radius 3 is 1.97 bits per heavy atom. The van der Waals surface area contributed by atoms with E-state index in [9.17, 15) is 24.0 Å². The number of thioether (sulfide) groups is 1. The van der Waals surface area contributed by atoms with Crippen LogP contribution in [0.15, 0.2) is 180 Å². The largest absolute Gasteiger partial charge is 0.489 e. The first-order valence-corrected chi connectivity index (χ1v) is 21.7. The molecule has 1 unspecified atom stereocenters. The van der Waals surface area contributed by atoms with Crippen molar-refractivity contribution >= 4 is 75.1 Å². The van der Waals surface area contributed by atoms with E-state index in [4.69, 9.17) is 9.47 Å². The number of hydrogen-bond acceptors (Lipinski definition) is 9. The lowest BCUT2D eigenvalue weighted by Gasteiger charge is -2.18. The highest BCUT2D eigenvalue weighted by atomic mass is 32.2. The smallest absolute Gasteiger partial charge is 0.341 e. The summed E-state index contributed by atoms with van der Waals surface area (Å²) in [5.74, 6) is -2.00. The van der Waals surface area contributed by atoms with Crippen molar-refractivity contribution in [1.82, 2.24) is 5.32 Å². The number of para-hydroxylation sites is 1. The Morgan fingerprint density at radius 1 is 0.672 bits per heavy atom. The van der Waals surface area contributed by atoms with E-state index in [1.807, 2.05) is 66.7 Å². The number of benzene rings is 6. The van der Waals surface area contributed by atoms with Gasteiger partial charge in [0, 0.05) is 21.8 Å². The van der Waals surface area contributed by atoms with Crippen LogP contribution in [0.4, 0.5) is 16.4 Å². The molecule has 11 nitrogen and oxygen atoms in total. The highest BCUT2D eigenvalue weighted by molar-refractivity contribution is 8.00. The van der Waals surface area contributed by atoms with Crippen molar-refractivity contribution in [1.29, 1.82) is 0 Å². The molecule has 1 heterocycles. The Kier molecular flexibility index (Phi) is 14.8. The quantitative estimate of drug-likeness (QED) is 0.0425. The van der Waals surface area contributed by atoms with Gasteiger partial charge in [-0.05, 0) is 89.9 Å². The topological polar surface area (TPSA) is 152 Å². The van der Waals surface area contributed by atoms with Crippen molar-refractivity contribution < 1.29 is 33.4 Å². The highest BCUT2D eigenvalue weighted by Crippen LogP contribution is 2.40. The lowest BCUT2D eigenvalue weighted by atomic mass is 10.1. The average molecular weight is 887 g/mol. The van der Waals surface area contributed by atoms with E-state index in [-0.39, 0.29) is 21.1 Å². The van der Waals surface area contributed by atoms with Gasteiger partial charge in [0.05, 0.1) is 17.6 Å². The van der Waals surface area contributed by atoms with Crippen molar-refractivity contribution in [3.63, 3.8) is 0 Å². The van der Waals surface area contributed by atoms with Crippen molar-refractivity contribution in [3.05, 3.63) is 214 Å². The molecule has 0 aliphatic carbocycles. The molecule has 0 bridgehead atoms. The van der Waals surface area contributed by atoms with Crippen LogP contribution in [0.3, 0.4) is 0 Å². The van der Waals surface area contributed by atoms with E-state index in [1.54, 1.807) is 116 Å². The molecule has 0 fully saturated rings. The Labute approximate surface area is 378 Å². The van der Waals surface area contributed by atoms with E-state index >= 15 is 0 Å². The maximum Gasteiger partial charge on any atom is 0.341 e. The zero-order chi connectivity index (χ0) is 44.8. The van der Waals surface area contributed by atoms with Gasteiger partial charge in [-0.3, -0.25) is 19.2 Å². The third kappa shape index (κ3) is 11.6. The zero-order valence-corrected chi connectivity index (χ0v) is 36.3. The third-order valence-electron chi connectivity index (χ3n) is 9.67. The van der Waals surface area contributed by atoms with E-state index in [2.05, 4.69) is 21.3 Å². The van der Waals surface area contributed by atoms with E-state index < -0.39 is 34.8 Å². The van der Waals surface area contributed by atoms with Gasteiger partial charge in [0.1, 0.15) is 28.3 Å². The molecule has 4 amide bonds. The van der Waals surface area contributed by atoms with E-state index in [0.29, 0.717) is 50.9 Å². The summed E-state index contributed by atoms with van der Waals surface area (Å²) < 4.78 is 11.0. The minimum Gasteiger partial charge on any atom is -0.489 e. The van der Waals surface area contributed by atoms with Gasteiger partial charge in [-0.1, -0.05) is 115 Å². The number of carbonyl (C=O) groups is 5. The van der Waals surface area contributed by atoms with Gasteiger partial charge in [-0.15, -0.1) is 23.1 Å². The molecule has 0 aliphatic heterocycles. The third-order valence-corrected chi connectivity index (χ3v) is 12.1. The molecule has 1 atom stereocenters. The van der Waals surface area contributed by atoms with Crippen LogP contribution in [0, 0.1) is 6.92 Å². The summed E-state index contributed by atoms with van der Waals surface area (Å²) in [7, 11) is 1.24. The minimum absolute atomic E-state index is 0.00382. The number of ether oxygens (including phenoxy) is 2. The Morgan fingerprint density at radius 2 is 1.30 bits per heavy atom. The summed E-state index contributed by atoms with van der Waals surface area (Å²) in [5.41, 5.74) is 4.13. The normalized spacial score (nSPS) is 11.4. The minimum atomic E-state index is -0.845. The molecule has 7 rings (SSSR count). The first-order chi connectivity index (χ1) is 31.1. The van der Waals surface area contributed by atoms with Gasteiger partial charge in [0.25, 0.3) is 17.7 Å². The molecule has 0 saturated heterocycles. The van der Waals surface area contributed by atoms with Crippen molar-refractivity contribution in [2.75, 3.05) is 23.1 Å². The molecule has 1 aromatic heterocycles. The second kappa shape index (κ2) is 21.4. The Hall–Kier alpha value is -7.74. The molecule has 6 aromatic carbocycles. The number of rotatable bonds is 16. The zero-order valence-electron chi connectivity index (χ0n) is 34.7. The Balaban J connectivity index is 1.11. The molecule has 0 radical (unpaired) electrons. The van der Waals surface area contributed by atoms with Crippen LogP contribution in [-0.2, 0) is 20.9 Å². The van der Waals surface area contributed by atoms with Gasteiger partial charge >= 0.3 is 5.97 Å². The van der Waals surface area contributed by atoms with Gasteiger partial charge in [0.2, 0.25) is 5.91 Å². The van der Waals surface area contributed by atoms with Crippen molar-refractivity contribution in [3.8, 4) is 5.75 Å². The molecule has 64 heavy (non-hydrogen) atoms. The summed E-state index contributed by atoms with van der Waals surface area (Å²) in [6.45, 7) is 2.03. The molecule has 0 spiro atoms. The summed E-state index contributed by atoms with van der Waals surface area (Å²) in [6.07, 6.45) is 1.58. The number of carbonyl (C=O) groups excluding carboxylic acids is 5. The fourth-order valence-electron chi connectivity index (χ4n) is 6.45. The lowest BCUT2D eigenvalue weighted by molar-refractivity contribution is -0.116. The van der Waals surface area contributed by atoms with Crippen LogP contribution in [0.5, 0.6) is 5.75 Å². The summed E-state index contributed by atoms with van der Waals surface area (Å²) in [5, 5.41) is 10.8. The van der Waals surface area contributed by atoms with Crippen molar-refractivity contribution in [2.24, 2.45) is 0 Å². The number of esters is 1. The van der Waals surface area contributed by atoms with Crippen LogP contribution < -0.4 is 26.0 Å². The van der Waals surface area contributed by atoms with Gasteiger partial charge in [-0.25, -0.2) is 4.79 Å². The van der Waals surface area contributed by atoms with Crippen molar-refractivity contribution in [2.45, 2.75) is 23.7 Å². The average Bonchev–Trinajstić information content (AvgIpc) is 3.66. The fourth-order valence-corrected chi connectivity index (χ4v) is 8.62. The number of nitrogens with one attached hydrogen (secondary N) is 4. The molecule has 13 heteroatoms. The number of anilines is 3. The molecular weight excluding hydrogens is 845 g/mol. The number of amides is 4. The Bertz CT molecular complexity index is 2780. The molecule has 7 aromatic rings. The maximum absolute atomic E-state index is 14.3. The van der Waals surface area contributed by atoms with Gasteiger partial charge in [-0.2, -0.15) is 0 Å². The first kappa shape index (κ1) is 44.3. The molecule has 320 valence electrons. The molecule has 0 saturated carbocycles. The second-order valence-corrected chi connectivity index (χ2v) is 16.4. The van der Waals surface area contributed by atoms with E-state index in [1.165, 1.54) is 18.9 Å². The van der Waals surface area contributed by atoms with Crippen LogP contribution in [0.1, 0.15) is 57.9 Å². The lowest BCUT2D eigenvalue weighted by Crippen LogP contribution is -2.30. The SMILES string of the molecule is COC(=O)c1c(NC(=O)C(Sc2cccc(NC(=O)/C(=C\c3ccc(OCc4ccccc4)cc3)NC(=O)c3ccccc3)c2)c2ccccc2)sc(C(=O)Nc2ccccc2)c1C. The van der Waals surface area contributed by atoms with Crippen LogP contribution in [0.25, 0.3) is 6.08 Å². The molecular formula is C51H42N4O7S2. The van der Waals surface area contributed by atoms with Gasteiger partial charge < -0.3 is 30.7 Å². The van der Waals surface area contributed by atoms with Gasteiger partial charge in [0.15, 0.2) is 0 Å². The summed E-state index contributed by atoms with van der Waals surface area (Å²) in [6, 6.07) is 50.5. The monoisotopic (exact) mass is 886 g/mol. The highest BCUT2D eigenvalue weighted by Gasteiger charge is 2.30. The first-order valence-electron chi connectivity index (χ1n) is 20.0. The standard InChI is InChI=1S/C51H42N4O7S2/c1-33-43(51(60)61-2)50(64-44(33)48(58)52-38-22-13-6-14-23-38)55-49(59)45(36-18-9-4-10-19-36)63-41-25-15-24-39(31-41)53-47(57)42(54-46(56)37-20-11-5-12-21-37)30-34-26-28-40(29-27-34)62-32-35-16-7-3-8-17-35/h3-31,45H,32H2,1-2H3,(H,52,58)(H,53,57)(H,54,56)(H,55,59)/b42-30+. The number of thiophene rings is 1. The predicted octanol–water partition coefficient (Wildman–Crippen LogP) is 10.6. The summed E-state index contributed by atoms with van der Waals surface area (Å²) in [4.78, 5) is 69.0. The molecule has 4 N–H and O–H groups in total. The summed E-state index contributed by atoms with van der Waals surface area (Å²) >= 11 is 2.20. The van der Waals surface area contributed by atoms with Crippen LogP contribution in [-0.4, -0.2) is 36.7 Å².